The lowest BCUT2D eigenvalue weighted by atomic mass is 9.98. The van der Waals surface area contributed by atoms with Gasteiger partial charge in [-0.25, -0.2) is 0 Å². The number of para-hydroxylation sites is 4. The van der Waals surface area contributed by atoms with Crippen molar-refractivity contribution in [2.75, 3.05) is 4.90 Å². The van der Waals surface area contributed by atoms with Crippen LogP contribution in [0.25, 0.3) is 71.7 Å². The molecule has 210 valence electrons. The molecule has 5 heteroatoms. The van der Waals surface area contributed by atoms with Gasteiger partial charge in [-0.3, -0.25) is 9.97 Å². The van der Waals surface area contributed by atoms with E-state index in [-0.39, 0.29) is 0 Å². The van der Waals surface area contributed by atoms with Gasteiger partial charge in [0.25, 0.3) is 0 Å². The molecule has 1 aliphatic rings. The monoisotopic (exact) mass is 576 g/mol. The van der Waals surface area contributed by atoms with Crippen molar-refractivity contribution in [1.82, 2.24) is 14.5 Å². The summed E-state index contributed by atoms with van der Waals surface area (Å²) in [5.74, 6) is 0. The minimum atomic E-state index is 0.898. The van der Waals surface area contributed by atoms with Gasteiger partial charge >= 0.3 is 0 Å². The van der Waals surface area contributed by atoms with Crippen molar-refractivity contribution in [2.24, 2.45) is 0 Å². The Bertz CT molecular complexity index is 2540. The summed E-state index contributed by atoms with van der Waals surface area (Å²) in [6.07, 6.45) is 7.48. The highest BCUT2D eigenvalue weighted by Gasteiger charge is 2.30. The van der Waals surface area contributed by atoms with E-state index in [2.05, 4.69) is 123 Å². The van der Waals surface area contributed by atoms with Crippen molar-refractivity contribution < 1.29 is 4.42 Å². The summed E-state index contributed by atoms with van der Waals surface area (Å²) in [5.41, 5.74) is 12.9. The van der Waals surface area contributed by atoms with Crippen LogP contribution in [0.4, 0.5) is 17.1 Å². The molecule has 0 amide bonds. The van der Waals surface area contributed by atoms with E-state index in [1.165, 1.54) is 21.8 Å². The van der Waals surface area contributed by atoms with Crippen LogP contribution in [0.15, 0.2) is 151 Å². The number of anilines is 3. The lowest BCUT2D eigenvalue weighted by Gasteiger charge is -2.33. The summed E-state index contributed by atoms with van der Waals surface area (Å²) >= 11 is 0. The predicted molar refractivity (Wildman–Crippen MR) is 183 cm³/mol. The lowest BCUT2D eigenvalue weighted by Crippen LogP contribution is -2.18. The Morgan fingerprint density at radius 2 is 1.13 bits per heavy atom. The van der Waals surface area contributed by atoms with Crippen molar-refractivity contribution in [3.63, 3.8) is 0 Å². The average Bonchev–Trinajstić information content (AvgIpc) is 3.66. The Kier molecular flexibility index (Phi) is 4.93. The third kappa shape index (κ3) is 3.43. The molecule has 0 aliphatic carbocycles. The van der Waals surface area contributed by atoms with Crippen LogP contribution >= 0.6 is 0 Å². The largest absolute Gasteiger partial charge is 0.456 e. The number of pyridine rings is 2. The van der Waals surface area contributed by atoms with E-state index in [4.69, 9.17) is 4.42 Å². The van der Waals surface area contributed by atoms with Gasteiger partial charge in [-0.15, -0.1) is 0 Å². The number of aromatic nitrogens is 3. The summed E-state index contributed by atoms with van der Waals surface area (Å²) in [6.45, 7) is 0. The van der Waals surface area contributed by atoms with Gasteiger partial charge in [-0.1, -0.05) is 54.6 Å². The summed E-state index contributed by atoms with van der Waals surface area (Å²) in [7, 11) is 0. The number of hydrogen-bond donors (Lipinski definition) is 0. The van der Waals surface area contributed by atoms with Gasteiger partial charge in [0.1, 0.15) is 11.2 Å². The van der Waals surface area contributed by atoms with Crippen LogP contribution in [0.2, 0.25) is 0 Å². The molecule has 0 fully saturated rings. The van der Waals surface area contributed by atoms with E-state index in [1.807, 2.05) is 43.0 Å². The maximum absolute atomic E-state index is 6.36. The Balaban J connectivity index is 1.33. The molecule has 10 rings (SSSR count). The molecule has 5 aromatic carbocycles. The van der Waals surface area contributed by atoms with E-state index in [0.29, 0.717) is 0 Å². The molecule has 0 spiro atoms. The third-order valence-electron chi connectivity index (χ3n) is 9.04. The molecule has 0 radical (unpaired) electrons. The molecule has 4 aromatic heterocycles. The standard InChI is InChI=1S/C40H24N4O/c1-4-15-36-32(10-1)38-37(45-36)17-16-31-30-11-5-14-35-39(30)44(40(31)38)34-13-3-2-12-33(34)43(35)29-21-27(25-8-6-18-41-23-25)20-28(22-29)26-9-7-19-42-24-26/h1-24H. The molecule has 0 N–H and O–H groups in total. The molecule has 9 aromatic rings. The minimum Gasteiger partial charge on any atom is -0.456 e. The first-order chi connectivity index (χ1) is 22.3. The second-order valence-corrected chi connectivity index (χ2v) is 11.5. The van der Waals surface area contributed by atoms with Gasteiger partial charge in [0, 0.05) is 57.8 Å². The van der Waals surface area contributed by atoms with Crippen LogP contribution < -0.4 is 4.90 Å². The highest BCUT2D eigenvalue weighted by atomic mass is 16.3. The quantitative estimate of drug-likeness (QED) is 0.210. The maximum Gasteiger partial charge on any atom is 0.137 e. The highest BCUT2D eigenvalue weighted by Crippen LogP contribution is 2.52. The fraction of sp³-hybridized carbons (Fsp3) is 0. The second-order valence-electron chi connectivity index (χ2n) is 11.5. The van der Waals surface area contributed by atoms with Gasteiger partial charge in [0.15, 0.2) is 0 Å². The zero-order valence-electron chi connectivity index (χ0n) is 24.1. The molecule has 1 aliphatic heterocycles. The number of benzene rings is 5. The SMILES string of the molecule is c1cncc(-c2cc(-c3cccnc3)cc(N3c4ccccc4-n4c5c3cccc5c3ccc5oc6ccccc6c5c34)c2)c1. The fourth-order valence-electron chi connectivity index (χ4n) is 7.16. The Labute approximate surface area is 258 Å². The maximum atomic E-state index is 6.36. The van der Waals surface area contributed by atoms with E-state index in [9.17, 15) is 0 Å². The summed E-state index contributed by atoms with van der Waals surface area (Å²) in [6, 6.07) is 43.0. The molecule has 0 unspecified atom stereocenters. The number of hydrogen-bond acceptors (Lipinski definition) is 4. The van der Waals surface area contributed by atoms with Gasteiger partial charge in [-0.2, -0.15) is 0 Å². The van der Waals surface area contributed by atoms with Crippen LogP contribution in [0, 0.1) is 0 Å². The smallest absolute Gasteiger partial charge is 0.137 e. The van der Waals surface area contributed by atoms with Crippen LogP contribution in [0.5, 0.6) is 0 Å². The van der Waals surface area contributed by atoms with Crippen molar-refractivity contribution in [3.8, 4) is 27.9 Å². The molecule has 0 bridgehead atoms. The normalized spacial score (nSPS) is 12.4. The molecule has 0 atom stereocenters. The molecule has 0 saturated carbocycles. The van der Waals surface area contributed by atoms with E-state index < -0.39 is 0 Å². The molecular formula is C40H24N4O. The van der Waals surface area contributed by atoms with Crippen LogP contribution in [-0.2, 0) is 0 Å². The zero-order valence-corrected chi connectivity index (χ0v) is 24.1. The van der Waals surface area contributed by atoms with Crippen LogP contribution in [0.1, 0.15) is 0 Å². The van der Waals surface area contributed by atoms with Crippen LogP contribution in [0.3, 0.4) is 0 Å². The third-order valence-corrected chi connectivity index (χ3v) is 9.04. The van der Waals surface area contributed by atoms with Gasteiger partial charge < -0.3 is 13.9 Å². The molecule has 0 saturated heterocycles. The average molecular weight is 577 g/mol. The number of fused-ring (bicyclic) bond motifs is 9. The Morgan fingerprint density at radius 3 is 1.89 bits per heavy atom. The van der Waals surface area contributed by atoms with Crippen molar-refractivity contribution in [3.05, 3.63) is 146 Å². The van der Waals surface area contributed by atoms with E-state index >= 15 is 0 Å². The van der Waals surface area contributed by atoms with Gasteiger partial charge in [-0.05, 0) is 77.9 Å². The second kappa shape index (κ2) is 9.15. The molecule has 45 heavy (non-hydrogen) atoms. The van der Waals surface area contributed by atoms with Crippen LogP contribution in [-0.4, -0.2) is 14.5 Å². The van der Waals surface area contributed by atoms with E-state index in [1.54, 1.807) is 0 Å². The minimum absolute atomic E-state index is 0.898. The summed E-state index contributed by atoms with van der Waals surface area (Å²) in [4.78, 5) is 11.3. The Hall–Kier alpha value is -6.20. The highest BCUT2D eigenvalue weighted by molar-refractivity contribution is 6.27. The first-order valence-corrected chi connectivity index (χ1v) is 15.1. The van der Waals surface area contributed by atoms with Gasteiger partial charge in [0.05, 0.1) is 33.5 Å². The first kappa shape index (κ1) is 24.3. The summed E-state index contributed by atoms with van der Waals surface area (Å²) < 4.78 is 8.81. The first-order valence-electron chi connectivity index (χ1n) is 15.1. The van der Waals surface area contributed by atoms with Crippen molar-refractivity contribution in [2.45, 2.75) is 0 Å². The van der Waals surface area contributed by atoms with Crippen molar-refractivity contribution >= 4 is 60.8 Å². The number of nitrogens with zero attached hydrogens (tertiary/aromatic N) is 4. The number of rotatable bonds is 3. The lowest BCUT2D eigenvalue weighted by molar-refractivity contribution is 0.669. The number of furan rings is 1. The molecule has 5 nitrogen and oxygen atoms in total. The van der Waals surface area contributed by atoms with Gasteiger partial charge in [0.2, 0.25) is 0 Å². The predicted octanol–water partition coefficient (Wildman–Crippen LogP) is 10.6. The Morgan fingerprint density at radius 1 is 0.467 bits per heavy atom. The van der Waals surface area contributed by atoms with E-state index in [0.717, 1.165) is 66.9 Å². The topological polar surface area (TPSA) is 47.1 Å². The fourth-order valence-corrected chi connectivity index (χ4v) is 7.16. The van der Waals surface area contributed by atoms with Crippen molar-refractivity contribution in [1.29, 1.82) is 0 Å². The molecule has 5 heterocycles. The summed E-state index contributed by atoms with van der Waals surface area (Å²) in [5, 5.41) is 4.70. The zero-order chi connectivity index (χ0) is 29.5. The molecular weight excluding hydrogens is 552 g/mol.